The van der Waals surface area contributed by atoms with Crippen molar-refractivity contribution in [1.29, 1.82) is 0 Å². The minimum atomic E-state index is 0.884. The number of pyridine rings is 2. The molecule has 3 aromatic heterocycles. The smallest absolute Gasteiger partial charge is 0.0755 e. The van der Waals surface area contributed by atoms with Gasteiger partial charge in [0.05, 0.1) is 17.4 Å². The van der Waals surface area contributed by atoms with Crippen molar-refractivity contribution in [3.05, 3.63) is 43.0 Å². The molecule has 0 saturated carbocycles. The first-order valence-corrected chi connectivity index (χ1v) is 4.63. The van der Waals surface area contributed by atoms with E-state index in [0.717, 1.165) is 22.2 Å². The zero-order valence-electron chi connectivity index (χ0n) is 7.88. The summed E-state index contributed by atoms with van der Waals surface area (Å²) in [5, 5.41) is 7.71. The largest absolute Gasteiger partial charge is 0.285 e. The fraction of sp³-hybridized carbons (Fsp3) is 0. The molecule has 0 aliphatic carbocycles. The third-order valence-corrected chi connectivity index (χ3v) is 2.28. The van der Waals surface area contributed by atoms with Crippen LogP contribution in [-0.2, 0) is 0 Å². The lowest BCUT2D eigenvalue weighted by Crippen LogP contribution is -1.84. The lowest BCUT2D eigenvalue weighted by atomic mass is 10.2. The molecule has 4 nitrogen and oxygen atoms in total. The lowest BCUT2D eigenvalue weighted by Gasteiger charge is -1.98. The molecule has 0 fully saturated rings. The van der Waals surface area contributed by atoms with Crippen LogP contribution in [0.3, 0.4) is 0 Å². The lowest BCUT2D eigenvalue weighted by molar-refractivity contribution is 1.09. The van der Waals surface area contributed by atoms with Crippen molar-refractivity contribution in [1.82, 2.24) is 20.2 Å². The summed E-state index contributed by atoms with van der Waals surface area (Å²) in [6.07, 6.45) is 7.17. The molecule has 0 aromatic carbocycles. The Morgan fingerprint density at radius 2 is 2.13 bits per heavy atom. The van der Waals surface area contributed by atoms with Crippen LogP contribution in [0.25, 0.3) is 22.2 Å². The predicted molar refractivity (Wildman–Crippen MR) is 57.1 cm³/mol. The van der Waals surface area contributed by atoms with Crippen LogP contribution in [-0.4, -0.2) is 20.2 Å². The Kier molecular flexibility index (Phi) is 1.71. The third-order valence-electron chi connectivity index (χ3n) is 2.28. The van der Waals surface area contributed by atoms with Crippen LogP contribution in [0.5, 0.6) is 0 Å². The minimum Gasteiger partial charge on any atom is -0.285 e. The summed E-state index contributed by atoms with van der Waals surface area (Å²) in [5.41, 5.74) is 2.81. The molecule has 0 saturated heterocycles. The van der Waals surface area contributed by atoms with E-state index in [-0.39, 0.29) is 0 Å². The molecule has 4 heteroatoms. The standard InChI is InChI=1S/C11H8N4/c1-2-8-5-13-11(4-10(8)12-3-1)9-6-14-15-7-9/h1-7H,(H,14,15). The minimum absolute atomic E-state index is 0.884. The Hall–Kier alpha value is -2.23. The Bertz CT molecular complexity index is 586. The second kappa shape index (κ2) is 3.16. The molecule has 0 bridgehead atoms. The van der Waals surface area contributed by atoms with Gasteiger partial charge in [0.1, 0.15) is 0 Å². The number of hydrogen-bond acceptors (Lipinski definition) is 3. The highest BCUT2D eigenvalue weighted by molar-refractivity contribution is 5.81. The molecular weight excluding hydrogens is 188 g/mol. The van der Waals surface area contributed by atoms with Crippen molar-refractivity contribution in [2.75, 3.05) is 0 Å². The molecule has 3 rings (SSSR count). The predicted octanol–water partition coefficient (Wildman–Crippen LogP) is 2.02. The number of fused-ring (bicyclic) bond motifs is 1. The summed E-state index contributed by atoms with van der Waals surface area (Å²) in [6.45, 7) is 0. The van der Waals surface area contributed by atoms with Gasteiger partial charge in [0.2, 0.25) is 0 Å². The zero-order valence-corrected chi connectivity index (χ0v) is 7.88. The van der Waals surface area contributed by atoms with Gasteiger partial charge in [-0.1, -0.05) is 0 Å². The fourth-order valence-electron chi connectivity index (χ4n) is 1.51. The van der Waals surface area contributed by atoms with E-state index in [2.05, 4.69) is 20.2 Å². The highest BCUT2D eigenvalue weighted by Gasteiger charge is 2.01. The molecule has 15 heavy (non-hydrogen) atoms. The van der Waals surface area contributed by atoms with Crippen LogP contribution < -0.4 is 0 Å². The van der Waals surface area contributed by atoms with Gasteiger partial charge < -0.3 is 0 Å². The van der Waals surface area contributed by atoms with Gasteiger partial charge in [-0.25, -0.2) is 0 Å². The van der Waals surface area contributed by atoms with E-state index in [9.17, 15) is 0 Å². The highest BCUT2D eigenvalue weighted by Crippen LogP contribution is 2.18. The number of aromatic nitrogens is 4. The average Bonchev–Trinajstić information content (AvgIpc) is 2.82. The van der Waals surface area contributed by atoms with Crippen molar-refractivity contribution in [3.8, 4) is 11.3 Å². The maximum Gasteiger partial charge on any atom is 0.0755 e. The average molecular weight is 196 g/mol. The second-order valence-electron chi connectivity index (χ2n) is 3.25. The van der Waals surface area contributed by atoms with Gasteiger partial charge in [0.25, 0.3) is 0 Å². The quantitative estimate of drug-likeness (QED) is 0.647. The van der Waals surface area contributed by atoms with Crippen molar-refractivity contribution < 1.29 is 0 Å². The van der Waals surface area contributed by atoms with Gasteiger partial charge in [0.15, 0.2) is 0 Å². The molecule has 1 N–H and O–H groups in total. The third kappa shape index (κ3) is 1.36. The van der Waals surface area contributed by atoms with E-state index in [1.165, 1.54) is 0 Å². The SMILES string of the molecule is c1cnc2cc(-c3cn[nH]c3)ncc2c1. The summed E-state index contributed by atoms with van der Waals surface area (Å²) in [5.74, 6) is 0. The second-order valence-corrected chi connectivity index (χ2v) is 3.25. The Morgan fingerprint density at radius 3 is 3.00 bits per heavy atom. The summed E-state index contributed by atoms with van der Waals surface area (Å²) in [6, 6.07) is 5.86. The Morgan fingerprint density at radius 1 is 1.13 bits per heavy atom. The molecule has 72 valence electrons. The summed E-state index contributed by atoms with van der Waals surface area (Å²) in [4.78, 5) is 8.63. The molecule has 0 atom stereocenters. The first-order valence-electron chi connectivity index (χ1n) is 4.63. The molecular formula is C11H8N4. The topological polar surface area (TPSA) is 54.5 Å². The molecule has 3 heterocycles. The molecule has 0 spiro atoms. The van der Waals surface area contributed by atoms with Crippen LogP contribution in [0.4, 0.5) is 0 Å². The first-order chi connectivity index (χ1) is 7.43. The van der Waals surface area contributed by atoms with E-state index in [4.69, 9.17) is 0 Å². The van der Waals surface area contributed by atoms with E-state index < -0.39 is 0 Å². The van der Waals surface area contributed by atoms with Gasteiger partial charge in [-0.3, -0.25) is 15.1 Å². The molecule has 0 aliphatic rings. The number of H-pyrrole nitrogens is 1. The normalized spacial score (nSPS) is 10.7. The number of nitrogens with one attached hydrogen (secondary N) is 1. The van der Waals surface area contributed by atoms with E-state index in [1.807, 2.05) is 30.6 Å². The number of rotatable bonds is 1. The molecule has 0 amide bonds. The Labute approximate surface area is 86.0 Å². The van der Waals surface area contributed by atoms with Crippen LogP contribution in [0.1, 0.15) is 0 Å². The van der Waals surface area contributed by atoms with Crippen molar-refractivity contribution >= 4 is 10.9 Å². The molecule has 3 aromatic rings. The van der Waals surface area contributed by atoms with Gasteiger partial charge in [0, 0.05) is 29.5 Å². The number of aromatic amines is 1. The van der Waals surface area contributed by atoms with Gasteiger partial charge in [-0.2, -0.15) is 5.10 Å². The van der Waals surface area contributed by atoms with Crippen LogP contribution >= 0.6 is 0 Å². The van der Waals surface area contributed by atoms with Gasteiger partial charge in [-0.05, 0) is 18.2 Å². The van der Waals surface area contributed by atoms with Crippen molar-refractivity contribution in [3.63, 3.8) is 0 Å². The maximum atomic E-state index is 4.35. The summed E-state index contributed by atoms with van der Waals surface area (Å²) < 4.78 is 0. The van der Waals surface area contributed by atoms with E-state index in [1.54, 1.807) is 12.4 Å². The van der Waals surface area contributed by atoms with Crippen LogP contribution in [0, 0.1) is 0 Å². The Balaban J connectivity index is 2.22. The van der Waals surface area contributed by atoms with Crippen molar-refractivity contribution in [2.45, 2.75) is 0 Å². The monoisotopic (exact) mass is 196 g/mol. The number of hydrogen-bond donors (Lipinski definition) is 1. The molecule has 0 aliphatic heterocycles. The summed E-state index contributed by atoms with van der Waals surface area (Å²) >= 11 is 0. The maximum absolute atomic E-state index is 4.35. The van der Waals surface area contributed by atoms with E-state index >= 15 is 0 Å². The van der Waals surface area contributed by atoms with Crippen molar-refractivity contribution in [2.24, 2.45) is 0 Å². The highest BCUT2D eigenvalue weighted by atomic mass is 15.1. The van der Waals surface area contributed by atoms with E-state index in [0.29, 0.717) is 0 Å². The fourth-order valence-corrected chi connectivity index (χ4v) is 1.51. The number of nitrogens with zero attached hydrogens (tertiary/aromatic N) is 3. The molecule has 0 radical (unpaired) electrons. The van der Waals surface area contributed by atoms with Crippen LogP contribution in [0.15, 0.2) is 43.0 Å². The van der Waals surface area contributed by atoms with Crippen LogP contribution in [0.2, 0.25) is 0 Å². The summed E-state index contributed by atoms with van der Waals surface area (Å²) in [7, 11) is 0. The molecule has 0 unspecified atom stereocenters. The van der Waals surface area contributed by atoms with Gasteiger partial charge in [-0.15, -0.1) is 0 Å². The van der Waals surface area contributed by atoms with Gasteiger partial charge >= 0.3 is 0 Å². The first kappa shape index (κ1) is 8.11. The zero-order chi connectivity index (χ0) is 10.1.